The van der Waals surface area contributed by atoms with E-state index in [2.05, 4.69) is 68.4 Å². The molecule has 0 aliphatic carbocycles. The molecule has 0 saturated heterocycles. The van der Waals surface area contributed by atoms with Crippen LogP contribution in [0.4, 0.5) is 0 Å². The summed E-state index contributed by atoms with van der Waals surface area (Å²) in [5, 5.41) is 8.69. The zero-order valence-electron chi connectivity index (χ0n) is 19.7. The second-order valence-corrected chi connectivity index (χ2v) is 8.33. The topological polar surface area (TPSA) is 37.3 Å². The van der Waals surface area contributed by atoms with Gasteiger partial charge < -0.3 is 5.11 Å². The first-order valence-electron chi connectivity index (χ1n) is 12.1. The summed E-state index contributed by atoms with van der Waals surface area (Å²) in [6.07, 6.45) is 11.3. The Morgan fingerprint density at radius 3 is 1.59 bits per heavy atom. The summed E-state index contributed by atoms with van der Waals surface area (Å²) in [6, 6.07) is 26.7. The number of rotatable bonds is 11. The van der Waals surface area contributed by atoms with Crippen molar-refractivity contribution in [2.75, 3.05) is 0 Å². The lowest BCUT2D eigenvalue weighted by Gasteiger charge is -2.04. The predicted molar refractivity (Wildman–Crippen MR) is 136 cm³/mol. The molecule has 3 rings (SSSR count). The lowest BCUT2D eigenvalue weighted by Crippen LogP contribution is -1.96. The van der Waals surface area contributed by atoms with Crippen LogP contribution < -0.4 is 0 Å². The average molecular weight is 431 g/mol. The van der Waals surface area contributed by atoms with Gasteiger partial charge in [-0.2, -0.15) is 0 Å². The maximum absolute atomic E-state index is 10.6. The molecule has 0 atom stereocenters. The number of aromatic carboxylic acids is 1. The highest BCUT2D eigenvalue weighted by atomic mass is 16.4. The van der Waals surface area contributed by atoms with Gasteiger partial charge in [0.05, 0.1) is 5.56 Å². The third-order valence-corrected chi connectivity index (χ3v) is 5.65. The number of carboxylic acids is 1. The molecule has 1 N–H and O–H groups in total. The molecule has 0 aromatic heterocycles. The third-order valence-electron chi connectivity index (χ3n) is 5.65. The fourth-order valence-electron chi connectivity index (χ4n) is 3.64. The van der Waals surface area contributed by atoms with Gasteiger partial charge in [-0.05, 0) is 60.1 Å². The minimum atomic E-state index is -0.856. The smallest absolute Gasteiger partial charge is 0.335 e. The van der Waals surface area contributed by atoms with E-state index in [1.165, 1.54) is 73.6 Å². The van der Waals surface area contributed by atoms with E-state index in [4.69, 9.17) is 5.11 Å². The van der Waals surface area contributed by atoms with Crippen LogP contribution in [0.1, 0.15) is 80.3 Å². The molecular formula is C30H38O2. The van der Waals surface area contributed by atoms with Crippen LogP contribution in [-0.4, -0.2) is 11.1 Å². The van der Waals surface area contributed by atoms with Crippen molar-refractivity contribution in [3.8, 4) is 11.1 Å². The van der Waals surface area contributed by atoms with Gasteiger partial charge in [-0.1, -0.05) is 113 Å². The molecule has 0 amide bonds. The second kappa shape index (κ2) is 15.0. The van der Waals surface area contributed by atoms with Crippen molar-refractivity contribution in [3.05, 3.63) is 95.6 Å². The highest BCUT2D eigenvalue weighted by Crippen LogP contribution is 2.20. The van der Waals surface area contributed by atoms with Crippen molar-refractivity contribution in [1.29, 1.82) is 0 Å². The first-order valence-corrected chi connectivity index (χ1v) is 12.1. The van der Waals surface area contributed by atoms with Gasteiger partial charge in [-0.3, -0.25) is 0 Å². The molecule has 0 aliphatic heterocycles. The number of carbonyl (C=O) groups is 1. The lowest BCUT2D eigenvalue weighted by molar-refractivity contribution is 0.0697. The van der Waals surface area contributed by atoms with E-state index in [9.17, 15) is 4.79 Å². The fourth-order valence-corrected chi connectivity index (χ4v) is 3.64. The molecule has 0 bridgehead atoms. The van der Waals surface area contributed by atoms with Gasteiger partial charge in [0.2, 0.25) is 0 Å². The van der Waals surface area contributed by atoms with Crippen LogP contribution in [0.2, 0.25) is 0 Å². The third kappa shape index (κ3) is 9.51. The number of benzene rings is 3. The first kappa shape index (κ1) is 25.4. The molecule has 0 aliphatic rings. The van der Waals surface area contributed by atoms with Crippen molar-refractivity contribution < 1.29 is 9.90 Å². The van der Waals surface area contributed by atoms with Crippen molar-refractivity contribution in [2.45, 2.75) is 71.6 Å². The van der Waals surface area contributed by atoms with Gasteiger partial charge in [-0.15, -0.1) is 0 Å². The molecule has 0 unspecified atom stereocenters. The minimum Gasteiger partial charge on any atom is -0.478 e. The lowest BCUT2D eigenvalue weighted by atomic mass is 10.0. The van der Waals surface area contributed by atoms with Crippen LogP contribution in [-0.2, 0) is 12.8 Å². The minimum absolute atomic E-state index is 0.365. The molecule has 3 aromatic rings. The van der Waals surface area contributed by atoms with Crippen molar-refractivity contribution in [1.82, 2.24) is 0 Å². The molecule has 32 heavy (non-hydrogen) atoms. The van der Waals surface area contributed by atoms with Crippen LogP contribution in [0.25, 0.3) is 11.1 Å². The normalized spacial score (nSPS) is 10.3. The molecule has 0 heterocycles. The van der Waals surface area contributed by atoms with Gasteiger partial charge >= 0.3 is 5.97 Å². The zero-order chi connectivity index (χ0) is 23.0. The van der Waals surface area contributed by atoms with Crippen molar-refractivity contribution in [2.24, 2.45) is 0 Å². The van der Waals surface area contributed by atoms with Gasteiger partial charge in [0.1, 0.15) is 0 Å². The molecule has 3 aromatic carbocycles. The molecule has 170 valence electrons. The molecule has 2 nitrogen and oxygen atoms in total. The Kier molecular flexibility index (Phi) is 11.9. The van der Waals surface area contributed by atoms with Crippen LogP contribution in [0.5, 0.6) is 0 Å². The van der Waals surface area contributed by atoms with E-state index in [-0.39, 0.29) is 0 Å². The number of hydrogen-bond acceptors (Lipinski definition) is 1. The monoisotopic (exact) mass is 430 g/mol. The Morgan fingerprint density at radius 1 is 0.594 bits per heavy atom. The number of aryl methyl sites for hydroxylation is 2. The summed E-state index contributed by atoms with van der Waals surface area (Å²) in [4.78, 5) is 10.6. The van der Waals surface area contributed by atoms with Gasteiger partial charge in [-0.25, -0.2) is 4.79 Å². The van der Waals surface area contributed by atoms with E-state index in [1.54, 1.807) is 12.1 Å². The summed E-state index contributed by atoms with van der Waals surface area (Å²) < 4.78 is 0. The largest absolute Gasteiger partial charge is 0.478 e. The van der Waals surface area contributed by atoms with Gasteiger partial charge in [0.15, 0.2) is 0 Å². The zero-order valence-corrected chi connectivity index (χ0v) is 19.7. The van der Waals surface area contributed by atoms with Gasteiger partial charge in [0.25, 0.3) is 0 Å². The van der Waals surface area contributed by atoms with Crippen LogP contribution in [0, 0.1) is 0 Å². The van der Waals surface area contributed by atoms with Crippen molar-refractivity contribution >= 4 is 5.97 Å². The maximum atomic E-state index is 10.6. The predicted octanol–water partition coefficient (Wildman–Crippen LogP) is 8.59. The number of hydrogen-bond donors (Lipinski definition) is 1. The molecular weight excluding hydrogens is 392 g/mol. The summed E-state index contributed by atoms with van der Waals surface area (Å²) in [7, 11) is 0. The van der Waals surface area contributed by atoms with Crippen LogP contribution in [0.15, 0.2) is 78.9 Å². The van der Waals surface area contributed by atoms with E-state index >= 15 is 0 Å². The fraction of sp³-hybridized carbons (Fsp3) is 0.367. The SMILES string of the molecule is CCCCCCc1ccc(-c2ccccc2)cc1.CCCCCc1ccc(C(=O)O)cc1. The Labute approximate surface area is 194 Å². The quantitative estimate of drug-likeness (QED) is 0.309. The van der Waals surface area contributed by atoms with Crippen molar-refractivity contribution in [3.63, 3.8) is 0 Å². The average Bonchev–Trinajstić information content (AvgIpc) is 2.84. The van der Waals surface area contributed by atoms with E-state index in [0.717, 1.165) is 6.42 Å². The molecule has 0 radical (unpaired) electrons. The highest BCUT2D eigenvalue weighted by Gasteiger charge is 2.01. The maximum Gasteiger partial charge on any atom is 0.335 e. The van der Waals surface area contributed by atoms with Crippen LogP contribution >= 0.6 is 0 Å². The van der Waals surface area contributed by atoms with E-state index in [0.29, 0.717) is 5.56 Å². The number of unbranched alkanes of at least 4 members (excludes halogenated alkanes) is 5. The Bertz CT molecular complexity index is 880. The Morgan fingerprint density at radius 2 is 1.06 bits per heavy atom. The number of carboxylic acid groups (broad SMARTS) is 1. The highest BCUT2D eigenvalue weighted by molar-refractivity contribution is 5.87. The van der Waals surface area contributed by atoms with E-state index in [1.807, 2.05) is 12.1 Å². The Hall–Kier alpha value is -2.87. The summed E-state index contributed by atoms with van der Waals surface area (Å²) in [5.41, 5.74) is 5.67. The van der Waals surface area contributed by atoms with Gasteiger partial charge in [0, 0.05) is 0 Å². The summed E-state index contributed by atoms with van der Waals surface area (Å²) >= 11 is 0. The molecule has 0 saturated carbocycles. The molecule has 0 fully saturated rings. The van der Waals surface area contributed by atoms with E-state index < -0.39 is 5.97 Å². The molecule has 2 heteroatoms. The summed E-state index contributed by atoms with van der Waals surface area (Å²) in [5.74, 6) is -0.856. The second-order valence-electron chi connectivity index (χ2n) is 8.33. The summed E-state index contributed by atoms with van der Waals surface area (Å²) in [6.45, 7) is 4.43. The standard InChI is InChI=1S/C18H22.C12H16O2/c1-2-3-4-6-9-16-12-14-18(15-13-16)17-10-7-5-8-11-17;1-2-3-4-5-10-6-8-11(9-7-10)12(13)14/h5,7-8,10-15H,2-4,6,9H2,1H3;6-9H,2-5H2,1H3,(H,13,14). The first-order chi connectivity index (χ1) is 15.6. The molecule has 0 spiro atoms. The Balaban J connectivity index is 0.000000235. The van der Waals surface area contributed by atoms with Crippen LogP contribution in [0.3, 0.4) is 0 Å².